The van der Waals surface area contributed by atoms with E-state index in [1.807, 2.05) is 0 Å². The molecule has 0 amide bonds. The highest BCUT2D eigenvalue weighted by molar-refractivity contribution is 7.80. The molecule has 5 heteroatoms. The Kier molecular flexibility index (Phi) is 2.88. The molecule has 1 aliphatic heterocycles. The molecule has 4 nitrogen and oxygen atoms in total. The van der Waals surface area contributed by atoms with Gasteiger partial charge in [0.2, 0.25) is 0 Å². The smallest absolute Gasteiger partial charge is 0.147 e. The first-order valence-electron chi connectivity index (χ1n) is 4.66. The molecule has 1 aromatic heterocycles. The Bertz CT molecular complexity index is 333. The van der Waals surface area contributed by atoms with E-state index in [1.54, 1.807) is 6.33 Å². The van der Waals surface area contributed by atoms with E-state index in [-0.39, 0.29) is 0 Å². The number of hydrogen-bond acceptors (Lipinski definition) is 4. The van der Waals surface area contributed by atoms with Crippen LogP contribution in [0, 0.1) is 0 Å². The largest absolute Gasteiger partial charge is 0.315 e. The van der Waals surface area contributed by atoms with E-state index in [2.05, 4.69) is 38.9 Å². The summed E-state index contributed by atoms with van der Waals surface area (Å²) in [6, 6.07) is 0. The zero-order valence-electron chi connectivity index (χ0n) is 8.06. The van der Waals surface area contributed by atoms with Gasteiger partial charge < -0.3 is 4.57 Å². The Morgan fingerprint density at radius 1 is 1.57 bits per heavy atom. The summed E-state index contributed by atoms with van der Waals surface area (Å²) in [7, 11) is 0. The maximum Gasteiger partial charge on any atom is 0.147 e. The van der Waals surface area contributed by atoms with Crippen LogP contribution in [0.1, 0.15) is 5.82 Å². The average molecular weight is 210 g/mol. The van der Waals surface area contributed by atoms with Crippen LogP contribution in [0.15, 0.2) is 18.5 Å². The van der Waals surface area contributed by atoms with Gasteiger partial charge in [0.25, 0.3) is 0 Å². The molecule has 0 atom stereocenters. The van der Waals surface area contributed by atoms with E-state index >= 15 is 0 Å². The van der Waals surface area contributed by atoms with Crippen molar-refractivity contribution in [1.82, 2.24) is 19.7 Å². The first-order valence-corrected chi connectivity index (χ1v) is 5.29. The molecule has 0 spiro atoms. The summed E-state index contributed by atoms with van der Waals surface area (Å²) < 4.78 is 2.10. The Hall–Kier alpha value is -0.810. The van der Waals surface area contributed by atoms with Gasteiger partial charge in [-0.05, 0) is 0 Å². The predicted molar refractivity (Wildman–Crippen MR) is 58.3 cm³/mol. The average Bonchev–Trinajstić information content (AvgIpc) is 2.64. The lowest BCUT2D eigenvalue weighted by molar-refractivity contribution is 0.235. The van der Waals surface area contributed by atoms with Gasteiger partial charge in [-0.25, -0.2) is 0 Å². The van der Waals surface area contributed by atoms with Gasteiger partial charge in [0.05, 0.1) is 6.54 Å². The van der Waals surface area contributed by atoms with Crippen LogP contribution in [0.2, 0.25) is 0 Å². The Balaban J connectivity index is 1.97. The van der Waals surface area contributed by atoms with Crippen molar-refractivity contribution in [3.05, 3.63) is 24.3 Å². The second kappa shape index (κ2) is 4.14. The van der Waals surface area contributed by atoms with Crippen molar-refractivity contribution in [3.63, 3.8) is 0 Å². The second-order valence-electron chi connectivity index (χ2n) is 3.56. The molecule has 0 aliphatic carbocycles. The van der Waals surface area contributed by atoms with Crippen LogP contribution >= 0.6 is 12.6 Å². The number of fused-ring (bicyclic) bond motifs is 1. The van der Waals surface area contributed by atoms with Gasteiger partial charge in [-0.2, -0.15) is 12.6 Å². The summed E-state index contributed by atoms with van der Waals surface area (Å²) in [5.74, 6) is 1.80. The normalized spacial score (nSPS) is 16.6. The van der Waals surface area contributed by atoms with Gasteiger partial charge >= 0.3 is 0 Å². The van der Waals surface area contributed by atoms with Crippen LogP contribution in [0.3, 0.4) is 0 Å². The molecule has 2 heterocycles. The van der Waals surface area contributed by atoms with Crippen molar-refractivity contribution >= 4 is 12.6 Å². The second-order valence-corrected chi connectivity index (χ2v) is 3.88. The number of nitrogens with zero attached hydrogens (tertiary/aromatic N) is 4. The molecule has 1 aromatic rings. The van der Waals surface area contributed by atoms with Gasteiger partial charge in [-0.1, -0.05) is 12.2 Å². The van der Waals surface area contributed by atoms with Crippen molar-refractivity contribution in [1.29, 1.82) is 0 Å². The van der Waals surface area contributed by atoms with E-state index in [0.717, 1.165) is 43.3 Å². The summed E-state index contributed by atoms with van der Waals surface area (Å²) in [6.45, 7) is 7.74. The van der Waals surface area contributed by atoms with Gasteiger partial charge in [-0.3, -0.25) is 4.90 Å². The summed E-state index contributed by atoms with van der Waals surface area (Å²) in [5, 5.41) is 7.95. The summed E-state index contributed by atoms with van der Waals surface area (Å²) in [5.41, 5.74) is 1.15. The lowest BCUT2D eigenvalue weighted by Crippen LogP contribution is -2.35. The summed E-state index contributed by atoms with van der Waals surface area (Å²) in [4.78, 5) is 2.32. The van der Waals surface area contributed by atoms with Crippen molar-refractivity contribution in [2.75, 3.05) is 18.8 Å². The molecule has 0 fully saturated rings. The highest BCUT2D eigenvalue weighted by Gasteiger charge is 2.16. The first-order chi connectivity index (χ1) is 6.79. The van der Waals surface area contributed by atoms with Crippen molar-refractivity contribution in [2.24, 2.45) is 0 Å². The van der Waals surface area contributed by atoms with Crippen molar-refractivity contribution < 1.29 is 0 Å². The predicted octanol–water partition coefficient (Wildman–Crippen LogP) is 0.580. The van der Waals surface area contributed by atoms with Crippen LogP contribution in [0.5, 0.6) is 0 Å². The molecule has 0 saturated carbocycles. The molecule has 0 unspecified atom stereocenters. The minimum Gasteiger partial charge on any atom is -0.315 e. The van der Waals surface area contributed by atoms with Crippen LogP contribution < -0.4 is 0 Å². The number of thiol groups is 1. The fourth-order valence-electron chi connectivity index (χ4n) is 1.62. The molecule has 0 N–H and O–H groups in total. The van der Waals surface area contributed by atoms with E-state index in [9.17, 15) is 0 Å². The lowest BCUT2D eigenvalue weighted by Gasteiger charge is -2.27. The molecular weight excluding hydrogens is 196 g/mol. The molecule has 0 bridgehead atoms. The highest BCUT2D eigenvalue weighted by Crippen LogP contribution is 2.10. The maximum atomic E-state index is 4.20. The lowest BCUT2D eigenvalue weighted by atomic mass is 10.3. The summed E-state index contributed by atoms with van der Waals surface area (Å²) in [6.07, 6.45) is 1.79. The Morgan fingerprint density at radius 2 is 2.43 bits per heavy atom. The number of hydrogen-bond donors (Lipinski definition) is 1. The SMILES string of the molecule is C=C(CS)CN1CCn2cnnc2C1. The minimum absolute atomic E-state index is 0.753. The topological polar surface area (TPSA) is 34.0 Å². The van der Waals surface area contributed by atoms with Crippen LogP contribution in [0.25, 0.3) is 0 Å². The molecule has 0 radical (unpaired) electrons. The van der Waals surface area contributed by atoms with Gasteiger partial charge in [0.15, 0.2) is 0 Å². The third-order valence-electron chi connectivity index (χ3n) is 2.39. The van der Waals surface area contributed by atoms with Gasteiger partial charge in [-0.15, -0.1) is 10.2 Å². The van der Waals surface area contributed by atoms with Crippen molar-refractivity contribution in [3.8, 4) is 0 Å². The molecule has 14 heavy (non-hydrogen) atoms. The number of aromatic nitrogens is 3. The molecular formula is C9H14N4S. The Morgan fingerprint density at radius 3 is 3.21 bits per heavy atom. The molecule has 2 rings (SSSR count). The zero-order valence-corrected chi connectivity index (χ0v) is 8.95. The summed E-state index contributed by atoms with van der Waals surface area (Å²) >= 11 is 4.20. The quantitative estimate of drug-likeness (QED) is 0.585. The van der Waals surface area contributed by atoms with Crippen molar-refractivity contribution in [2.45, 2.75) is 13.1 Å². The van der Waals surface area contributed by atoms with Gasteiger partial charge in [0.1, 0.15) is 12.2 Å². The van der Waals surface area contributed by atoms with E-state index in [0.29, 0.717) is 0 Å². The Labute approximate surface area is 89.0 Å². The highest BCUT2D eigenvalue weighted by atomic mass is 32.1. The fourth-order valence-corrected chi connectivity index (χ4v) is 1.72. The standard InChI is InChI=1S/C9H14N4S/c1-8(6-14)4-12-2-3-13-7-10-11-9(13)5-12/h7,14H,1-6H2. The van der Waals surface area contributed by atoms with E-state index < -0.39 is 0 Å². The third-order valence-corrected chi connectivity index (χ3v) is 2.84. The molecule has 0 saturated heterocycles. The number of rotatable bonds is 3. The van der Waals surface area contributed by atoms with E-state index in [1.165, 1.54) is 0 Å². The first kappa shape index (κ1) is 9.73. The molecule has 0 aromatic carbocycles. The monoisotopic (exact) mass is 210 g/mol. The zero-order chi connectivity index (χ0) is 9.97. The molecule has 76 valence electrons. The maximum absolute atomic E-state index is 4.20. The third kappa shape index (κ3) is 1.99. The van der Waals surface area contributed by atoms with E-state index in [4.69, 9.17) is 0 Å². The van der Waals surface area contributed by atoms with Crippen LogP contribution in [0.4, 0.5) is 0 Å². The van der Waals surface area contributed by atoms with Crippen LogP contribution in [-0.4, -0.2) is 38.5 Å². The molecule has 1 aliphatic rings. The van der Waals surface area contributed by atoms with Gasteiger partial charge in [0, 0.05) is 25.4 Å². The fraction of sp³-hybridized carbons (Fsp3) is 0.556. The minimum atomic E-state index is 0.753. The van der Waals surface area contributed by atoms with Crippen LogP contribution in [-0.2, 0) is 13.1 Å².